The van der Waals surface area contributed by atoms with Crippen LogP contribution in [0.3, 0.4) is 0 Å². The SMILES string of the molecule is O=C(Cc1ccc(Cl)cc1)Oc1ccc2c(=O)c(Oc3ccccc3Br)c(C(F)(F)F)oc2c1. The normalized spacial score (nSPS) is 11.4. The van der Waals surface area contributed by atoms with E-state index in [4.69, 9.17) is 25.5 Å². The maximum atomic E-state index is 13.7. The van der Waals surface area contributed by atoms with E-state index < -0.39 is 34.7 Å². The van der Waals surface area contributed by atoms with Crippen LogP contribution in [-0.2, 0) is 17.4 Å². The first-order valence-corrected chi connectivity index (χ1v) is 10.8. The molecule has 0 fully saturated rings. The van der Waals surface area contributed by atoms with E-state index in [9.17, 15) is 22.8 Å². The Morgan fingerprint density at radius 3 is 2.41 bits per heavy atom. The molecule has 0 atom stereocenters. The molecule has 174 valence electrons. The minimum atomic E-state index is -5.02. The minimum absolute atomic E-state index is 0.00685. The highest BCUT2D eigenvalue weighted by Crippen LogP contribution is 2.39. The van der Waals surface area contributed by atoms with Gasteiger partial charge in [-0.25, -0.2) is 0 Å². The Bertz CT molecular complexity index is 1430. The topological polar surface area (TPSA) is 65.7 Å². The van der Waals surface area contributed by atoms with Crippen LogP contribution in [0.15, 0.2) is 80.4 Å². The summed E-state index contributed by atoms with van der Waals surface area (Å²) in [5.74, 6) is -3.34. The molecule has 0 saturated carbocycles. The van der Waals surface area contributed by atoms with Crippen LogP contribution >= 0.6 is 27.5 Å². The molecule has 4 rings (SSSR count). The van der Waals surface area contributed by atoms with Crippen molar-refractivity contribution in [2.75, 3.05) is 0 Å². The number of carbonyl (C=O) groups excluding carboxylic acids is 1. The number of halogens is 5. The molecule has 0 radical (unpaired) electrons. The molecule has 5 nitrogen and oxygen atoms in total. The second-order valence-corrected chi connectivity index (χ2v) is 8.35. The molecular weight excluding hydrogens is 541 g/mol. The molecule has 0 bridgehead atoms. The van der Waals surface area contributed by atoms with Gasteiger partial charge in [0.15, 0.2) is 0 Å². The molecule has 10 heteroatoms. The third-order valence-corrected chi connectivity index (χ3v) is 5.53. The Morgan fingerprint density at radius 2 is 1.74 bits per heavy atom. The summed E-state index contributed by atoms with van der Waals surface area (Å²) in [5, 5.41) is 0.331. The minimum Gasteiger partial charge on any atom is -0.448 e. The van der Waals surface area contributed by atoms with Crippen LogP contribution in [0.5, 0.6) is 17.2 Å². The van der Waals surface area contributed by atoms with E-state index in [-0.39, 0.29) is 23.3 Å². The van der Waals surface area contributed by atoms with Crippen LogP contribution in [0, 0.1) is 0 Å². The molecular formula is C24H13BrClF3O5. The number of benzene rings is 3. The highest BCUT2D eigenvalue weighted by Gasteiger charge is 2.40. The van der Waals surface area contributed by atoms with Gasteiger partial charge in [0.25, 0.3) is 5.76 Å². The number of fused-ring (bicyclic) bond motifs is 1. The van der Waals surface area contributed by atoms with Crippen LogP contribution < -0.4 is 14.9 Å². The van der Waals surface area contributed by atoms with Crippen molar-refractivity contribution in [3.63, 3.8) is 0 Å². The molecule has 0 aliphatic rings. The molecule has 34 heavy (non-hydrogen) atoms. The smallest absolute Gasteiger partial charge is 0.448 e. The molecule has 0 N–H and O–H groups in total. The van der Waals surface area contributed by atoms with Crippen molar-refractivity contribution in [1.29, 1.82) is 0 Å². The van der Waals surface area contributed by atoms with E-state index in [1.807, 2.05) is 0 Å². The van der Waals surface area contributed by atoms with Crippen molar-refractivity contribution in [2.45, 2.75) is 12.6 Å². The van der Waals surface area contributed by atoms with Gasteiger partial charge in [-0.05, 0) is 57.9 Å². The number of hydrogen-bond acceptors (Lipinski definition) is 5. The van der Waals surface area contributed by atoms with Crippen LogP contribution in [0.2, 0.25) is 5.02 Å². The number of alkyl halides is 3. The molecule has 0 aliphatic carbocycles. The lowest BCUT2D eigenvalue weighted by Gasteiger charge is -2.14. The van der Waals surface area contributed by atoms with Crippen LogP contribution in [0.1, 0.15) is 11.3 Å². The summed E-state index contributed by atoms with van der Waals surface area (Å²) < 4.78 is 57.1. The standard InChI is InChI=1S/C24H13BrClF3O5/c25-17-3-1-2-4-18(17)33-22-21(31)16-10-9-15(12-19(16)34-23(22)24(27,28)29)32-20(30)11-13-5-7-14(26)8-6-13/h1-10,12H,11H2. The summed E-state index contributed by atoms with van der Waals surface area (Å²) in [6, 6.07) is 16.2. The van der Waals surface area contributed by atoms with E-state index in [1.54, 1.807) is 42.5 Å². The fourth-order valence-electron chi connectivity index (χ4n) is 3.07. The monoisotopic (exact) mass is 552 g/mol. The zero-order valence-corrected chi connectivity index (χ0v) is 19.3. The number of hydrogen-bond donors (Lipinski definition) is 0. The Morgan fingerprint density at radius 1 is 1.03 bits per heavy atom. The fraction of sp³-hybridized carbons (Fsp3) is 0.0833. The second kappa shape index (κ2) is 9.52. The van der Waals surface area contributed by atoms with E-state index in [2.05, 4.69) is 15.9 Å². The van der Waals surface area contributed by atoms with Gasteiger partial charge in [-0.1, -0.05) is 35.9 Å². The van der Waals surface area contributed by atoms with E-state index in [1.165, 1.54) is 18.2 Å². The number of rotatable bonds is 5. The molecule has 1 aromatic heterocycles. The summed E-state index contributed by atoms with van der Waals surface area (Å²) >= 11 is 8.98. The van der Waals surface area contributed by atoms with Crippen LogP contribution in [0.4, 0.5) is 13.2 Å². The lowest BCUT2D eigenvalue weighted by molar-refractivity contribution is -0.154. The van der Waals surface area contributed by atoms with E-state index in [0.29, 0.717) is 15.1 Å². The van der Waals surface area contributed by atoms with Gasteiger partial charge in [-0.15, -0.1) is 0 Å². The Labute approximate surface area is 203 Å². The lowest BCUT2D eigenvalue weighted by atomic mass is 10.1. The zero-order chi connectivity index (χ0) is 24.5. The second-order valence-electron chi connectivity index (χ2n) is 7.05. The number of esters is 1. The predicted octanol–water partition coefficient (Wildman–Crippen LogP) is 7.17. The summed E-state index contributed by atoms with van der Waals surface area (Å²) in [6.07, 6.45) is -5.11. The number of ether oxygens (including phenoxy) is 2. The molecule has 0 saturated heterocycles. The predicted molar refractivity (Wildman–Crippen MR) is 122 cm³/mol. The third kappa shape index (κ3) is 5.26. The summed E-state index contributed by atoms with van der Waals surface area (Å²) in [5.41, 5.74) is -0.799. The first-order valence-electron chi connectivity index (χ1n) is 9.67. The van der Waals surface area contributed by atoms with Gasteiger partial charge < -0.3 is 13.9 Å². The lowest BCUT2D eigenvalue weighted by Crippen LogP contribution is -2.16. The molecule has 4 aromatic rings. The maximum Gasteiger partial charge on any atom is 0.453 e. The highest BCUT2D eigenvalue weighted by molar-refractivity contribution is 9.10. The Balaban J connectivity index is 1.69. The molecule has 1 heterocycles. The largest absolute Gasteiger partial charge is 0.453 e. The van der Waals surface area contributed by atoms with Gasteiger partial charge in [-0.2, -0.15) is 13.2 Å². The van der Waals surface area contributed by atoms with Crippen molar-refractivity contribution in [3.8, 4) is 17.2 Å². The average molecular weight is 554 g/mol. The molecule has 0 aliphatic heterocycles. The van der Waals surface area contributed by atoms with Gasteiger partial charge in [0.05, 0.1) is 16.3 Å². The van der Waals surface area contributed by atoms with Gasteiger partial charge >= 0.3 is 12.1 Å². The van der Waals surface area contributed by atoms with Crippen molar-refractivity contribution in [1.82, 2.24) is 0 Å². The van der Waals surface area contributed by atoms with Crippen molar-refractivity contribution >= 4 is 44.5 Å². The van der Waals surface area contributed by atoms with Crippen molar-refractivity contribution in [2.24, 2.45) is 0 Å². The van der Waals surface area contributed by atoms with Crippen LogP contribution in [0.25, 0.3) is 11.0 Å². The van der Waals surface area contributed by atoms with Crippen molar-refractivity contribution in [3.05, 3.63) is 97.8 Å². The van der Waals surface area contributed by atoms with E-state index in [0.717, 1.165) is 6.07 Å². The van der Waals surface area contributed by atoms with Crippen molar-refractivity contribution < 1.29 is 31.9 Å². The Kier molecular flexibility index (Phi) is 6.67. The maximum absolute atomic E-state index is 13.7. The summed E-state index contributed by atoms with van der Waals surface area (Å²) in [6.45, 7) is 0. The molecule has 0 spiro atoms. The first kappa shape index (κ1) is 23.8. The number of carbonyl (C=O) groups is 1. The van der Waals surface area contributed by atoms with Gasteiger partial charge in [-0.3, -0.25) is 9.59 Å². The highest BCUT2D eigenvalue weighted by atomic mass is 79.9. The first-order chi connectivity index (χ1) is 16.1. The van der Waals surface area contributed by atoms with E-state index >= 15 is 0 Å². The summed E-state index contributed by atoms with van der Waals surface area (Å²) in [4.78, 5) is 25.1. The number of para-hydroxylation sites is 1. The fourth-order valence-corrected chi connectivity index (χ4v) is 3.56. The average Bonchev–Trinajstić information content (AvgIpc) is 2.77. The molecule has 0 amide bonds. The molecule has 3 aromatic carbocycles. The van der Waals surface area contributed by atoms with Gasteiger partial charge in [0.2, 0.25) is 11.2 Å². The summed E-state index contributed by atoms with van der Waals surface area (Å²) in [7, 11) is 0. The third-order valence-electron chi connectivity index (χ3n) is 4.62. The Hall–Kier alpha value is -3.30. The quantitative estimate of drug-likeness (QED) is 0.194. The van der Waals surface area contributed by atoms with Crippen LogP contribution in [-0.4, -0.2) is 5.97 Å². The molecule has 0 unspecified atom stereocenters. The van der Waals surface area contributed by atoms with Gasteiger partial charge in [0, 0.05) is 11.1 Å². The van der Waals surface area contributed by atoms with Gasteiger partial charge in [0.1, 0.15) is 17.1 Å². The zero-order valence-electron chi connectivity index (χ0n) is 17.0.